The number of aliphatic hydroxyl groups excluding tert-OH is 1. The molecule has 2 aliphatic rings. The molecule has 206 valence electrons. The number of aromatic nitrogens is 4. The smallest absolute Gasteiger partial charge is 0.433 e. The van der Waals surface area contributed by atoms with Crippen molar-refractivity contribution in [2.75, 3.05) is 47.7 Å². The number of aliphatic hydroxyl groups is 1. The van der Waals surface area contributed by atoms with Gasteiger partial charge in [0.2, 0.25) is 11.8 Å². The summed E-state index contributed by atoms with van der Waals surface area (Å²) in [5.74, 6) is 1.00. The highest BCUT2D eigenvalue weighted by Crippen LogP contribution is 2.43. The highest BCUT2D eigenvalue weighted by atomic mass is 19.4. The van der Waals surface area contributed by atoms with Crippen molar-refractivity contribution in [3.63, 3.8) is 0 Å². The molecule has 1 amide bonds. The van der Waals surface area contributed by atoms with E-state index in [0.717, 1.165) is 23.7 Å². The number of rotatable bonds is 7. The summed E-state index contributed by atoms with van der Waals surface area (Å²) in [5.41, 5.74) is 0.0805. The first-order valence-corrected chi connectivity index (χ1v) is 12.3. The van der Waals surface area contributed by atoms with E-state index in [1.165, 1.54) is 13.1 Å². The highest BCUT2D eigenvalue weighted by molar-refractivity contribution is 6.08. The summed E-state index contributed by atoms with van der Waals surface area (Å²) in [5, 5.41) is 15.8. The van der Waals surface area contributed by atoms with Gasteiger partial charge in [-0.25, -0.2) is 15.0 Å². The van der Waals surface area contributed by atoms with E-state index >= 15 is 0 Å². The van der Waals surface area contributed by atoms with Crippen molar-refractivity contribution in [3.8, 4) is 11.6 Å². The number of carbonyl (C=O) groups excluding carboxylic acids is 1. The minimum atomic E-state index is -4.57. The number of likely N-dealkylation sites (N-methyl/N-ethyl adjacent to an activating group) is 1. The van der Waals surface area contributed by atoms with Crippen molar-refractivity contribution in [3.05, 3.63) is 47.4 Å². The lowest BCUT2D eigenvalue weighted by Gasteiger charge is -2.47. The molecule has 5 rings (SSSR count). The van der Waals surface area contributed by atoms with Crippen molar-refractivity contribution in [1.29, 1.82) is 0 Å². The van der Waals surface area contributed by atoms with Crippen molar-refractivity contribution >= 4 is 29.2 Å². The molecule has 5 heterocycles. The van der Waals surface area contributed by atoms with Crippen molar-refractivity contribution in [1.82, 2.24) is 19.9 Å². The Morgan fingerprint density at radius 2 is 1.97 bits per heavy atom. The molecule has 0 aromatic carbocycles. The van der Waals surface area contributed by atoms with Gasteiger partial charge >= 0.3 is 6.18 Å². The van der Waals surface area contributed by atoms with Crippen LogP contribution in [0.4, 0.5) is 36.4 Å². The van der Waals surface area contributed by atoms with Gasteiger partial charge in [-0.15, -0.1) is 0 Å². The number of nitrogens with one attached hydrogen (secondary N) is 2. The molecule has 0 saturated heterocycles. The Balaban J connectivity index is 1.31. The standard InChI is InChI=1S/C25H27F3N8O3/c1-24(13-37)22(38)36-10-4-5-15-19(36)21(35(24)3)34-23(32-15)31-12-14-6-9-18(30-11-14)39-16-7-8-17(25(26,27)28)33-20(16)29-2/h6-9,11,37H,4-5,10,12-13H2,1-3H3,(H,29,33)(H,31,32,34)/t24-/m0/s1. The highest BCUT2D eigenvalue weighted by Gasteiger charge is 2.48. The van der Waals surface area contributed by atoms with E-state index in [1.54, 1.807) is 42.1 Å². The van der Waals surface area contributed by atoms with Gasteiger partial charge in [-0.3, -0.25) is 4.79 Å². The second-order valence-corrected chi connectivity index (χ2v) is 9.47. The minimum Gasteiger partial charge on any atom is -0.435 e. The van der Waals surface area contributed by atoms with Crippen LogP contribution in [0.2, 0.25) is 0 Å². The van der Waals surface area contributed by atoms with Gasteiger partial charge < -0.3 is 30.3 Å². The van der Waals surface area contributed by atoms with Crippen LogP contribution in [0, 0.1) is 0 Å². The molecule has 39 heavy (non-hydrogen) atoms. The molecule has 0 aliphatic carbocycles. The Hall–Kier alpha value is -4.20. The van der Waals surface area contributed by atoms with Crippen LogP contribution >= 0.6 is 0 Å². The molecule has 0 unspecified atom stereocenters. The van der Waals surface area contributed by atoms with Gasteiger partial charge in [0, 0.05) is 39.4 Å². The van der Waals surface area contributed by atoms with E-state index in [-0.39, 0.29) is 30.0 Å². The average Bonchev–Trinajstić information content (AvgIpc) is 2.93. The van der Waals surface area contributed by atoms with Crippen LogP contribution in [0.3, 0.4) is 0 Å². The third kappa shape index (κ3) is 4.75. The van der Waals surface area contributed by atoms with Gasteiger partial charge in [-0.05, 0) is 37.5 Å². The molecule has 14 heteroatoms. The predicted molar refractivity (Wildman–Crippen MR) is 137 cm³/mol. The monoisotopic (exact) mass is 544 g/mol. The van der Waals surface area contributed by atoms with E-state index in [2.05, 4.69) is 30.6 Å². The molecule has 0 fully saturated rings. The van der Waals surface area contributed by atoms with E-state index in [4.69, 9.17) is 4.74 Å². The Bertz CT molecular complexity index is 1400. The fraction of sp³-hybridized carbons (Fsp3) is 0.400. The maximum Gasteiger partial charge on any atom is 0.433 e. The summed E-state index contributed by atoms with van der Waals surface area (Å²) >= 11 is 0. The lowest BCUT2D eigenvalue weighted by Crippen LogP contribution is -2.64. The van der Waals surface area contributed by atoms with Crippen LogP contribution in [0.1, 0.15) is 30.3 Å². The number of pyridine rings is 2. The molecule has 2 aliphatic heterocycles. The van der Waals surface area contributed by atoms with Crippen LogP contribution in [0.15, 0.2) is 30.5 Å². The summed E-state index contributed by atoms with van der Waals surface area (Å²) in [6, 6.07) is 5.38. The molecule has 0 radical (unpaired) electrons. The third-order valence-corrected chi connectivity index (χ3v) is 6.92. The number of halogens is 3. The first-order valence-electron chi connectivity index (χ1n) is 12.3. The van der Waals surface area contributed by atoms with Crippen LogP contribution in [0.25, 0.3) is 0 Å². The van der Waals surface area contributed by atoms with Crippen LogP contribution in [0.5, 0.6) is 11.6 Å². The number of nitrogens with zero attached hydrogens (tertiary/aromatic N) is 6. The van der Waals surface area contributed by atoms with Crippen molar-refractivity contribution in [2.45, 2.75) is 38.0 Å². The van der Waals surface area contributed by atoms with E-state index in [9.17, 15) is 23.1 Å². The maximum absolute atomic E-state index is 13.1. The number of amides is 1. The minimum absolute atomic E-state index is 0.0616. The number of carbonyl (C=O) groups is 1. The number of ether oxygens (including phenoxy) is 1. The van der Waals surface area contributed by atoms with E-state index in [1.807, 2.05) is 0 Å². The molecule has 0 bridgehead atoms. The van der Waals surface area contributed by atoms with Gasteiger partial charge in [-0.2, -0.15) is 18.2 Å². The normalized spacial score (nSPS) is 18.6. The topological polar surface area (TPSA) is 129 Å². The van der Waals surface area contributed by atoms with Crippen molar-refractivity contribution < 1.29 is 27.8 Å². The number of hydrogen-bond donors (Lipinski definition) is 3. The third-order valence-electron chi connectivity index (χ3n) is 6.92. The first-order chi connectivity index (χ1) is 18.5. The number of anilines is 4. The summed E-state index contributed by atoms with van der Waals surface area (Å²) in [7, 11) is 3.19. The van der Waals surface area contributed by atoms with Crippen molar-refractivity contribution in [2.24, 2.45) is 0 Å². The van der Waals surface area contributed by atoms with Gasteiger partial charge in [-0.1, -0.05) is 6.07 Å². The lowest BCUT2D eigenvalue weighted by molar-refractivity contribution is -0.141. The predicted octanol–water partition coefficient (Wildman–Crippen LogP) is 3.21. The van der Waals surface area contributed by atoms with Gasteiger partial charge in [0.25, 0.3) is 5.91 Å². The summed E-state index contributed by atoms with van der Waals surface area (Å²) in [6.45, 7) is 2.23. The van der Waals surface area contributed by atoms with Gasteiger partial charge in [0.15, 0.2) is 17.4 Å². The summed E-state index contributed by atoms with van der Waals surface area (Å²) < 4.78 is 44.5. The average molecular weight is 545 g/mol. The van der Waals surface area contributed by atoms with Gasteiger partial charge in [0.05, 0.1) is 12.3 Å². The summed E-state index contributed by atoms with van der Waals surface area (Å²) in [4.78, 5) is 33.6. The van der Waals surface area contributed by atoms with Crippen LogP contribution in [-0.2, 0) is 23.9 Å². The number of alkyl halides is 3. The molecular formula is C25H27F3N8O3. The van der Waals surface area contributed by atoms with E-state index in [0.29, 0.717) is 37.0 Å². The second-order valence-electron chi connectivity index (χ2n) is 9.47. The molecular weight excluding hydrogens is 517 g/mol. The zero-order valence-electron chi connectivity index (χ0n) is 21.5. The molecule has 3 aromatic heterocycles. The van der Waals surface area contributed by atoms with Crippen LogP contribution in [-0.4, -0.2) is 63.7 Å². The number of hydrogen-bond acceptors (Lipinski definition) is 10. The molecule has 0 spiro atoms. The number of aryl methyl sites for hydroxylation is 1. The Kier molecular flexibility index (Phi) is 6.66. The van der Waals surface area contributed by atoms with Gasteiger partial charge in [0.1, 0.15) is 16.9 Å². The fourth-order valence-corrected chi connectivity index (χ4v) is 4.55. The molecule has 3 aromatic rings. The SMILES string of the molecule is CNc1nc(C(F)(F)F)ccc1Oc1ccc(CNc2nc3c4c(n2)N(C)[C@@](C)(CO)C(=O)N4CCC3)cn1. The van der Waals surface area contributed by atoms with Crippen LogP contribution < -0.4 is 25.2 Å². The lowest BCUT2D eigenvalue weighted by atomic mass is 9.93. The largest absolute Gasteiger partial charge is 0.435 e. The Morgan fingerprint density at radius 3 is 2.64 bits per heavy atom. The molecule has 3 N–H and O–H groups in total. The molecule has 0 saturated carbocycles. The molecule has 1 atom stereocenters. The quantitative estimate of drug-likeness (QED) is 0.408. The Labute approximate surface area is 222 Å². The van der Waals surface area contributed by atoms with E-state index < -0.39 is 17.4 Å². The Morgan fingerprint density at radius 1 is 1.18 bits per heavy atom. The fourth-order valence-electron chi connectivity index (χ4n) is 4.55. The second kappa shape index (κ2) is 9.84. The molecule has 11 nitrogen and oxygen atoms in total. The first kappa shape index (κ1) is 26.4. The summed E-state index contributed by atoms with van der Waals surface area (Å²) in [6.07, 6.45) is -1.54. The zero-order chi connectivity index (χ0) is 27.9. The maximum atomic E-state index is 13.1. The zero-order valence-corrected chi connectivity index (χ0v) is 21.5.